The molecule has 6 nitrogen and oxygen atoms in total. The highest BCUT2D eigenvalue weighted by atomic mass is 16.2. The Labute approximate surface area is 143 Å². The second-order valence-corrected chi connectivity index (χ2v) is 6.58. The number of amides is 3. The summed E-state index contributed by atoms with van der Waals surface area (Å²) in [5, 5.41) is 8.60. The highest BCUT2D eigenvalue weighted by Crippen LogP contribution is 2.22. The molecule has 1 aromatic carbocycles. The fraction of sp³-hybridized carbons (Fsp3) is 0.556. The molecule has 2 aliphatic rings. The Bertz CT molecular complexity index is 583. The largest absolute Gasteiger partial charge is 0.335 e. The van der Waals surface area contributed by atoms with Gasteiger partial charge < -0.3 is 10.6 Å². The van der Waals surface area contributed by atoms with Gasteiger partial charge in [0.1, 0.15) is 0 Å². The summed E-state index contributed by atoms with van der Waals surface area (Å²) in [4.78, 5) is 26.0. The molecule has 6 heteroatoms. The molecule has 130 valence electrons. The van der Waals surface area contributed by atoms with Gasteiger partial charge in [0, 0.05) is 31.7 Å². The summed E-state index contributed by atoms with van der Waals surface area (Å²) < 4.78 is 0. The molecule has 1 aliphatic carbocycles. The first-order chi connectivity index (χ1) is 11.7. The molecule has 1 aromatic rings. The fourth-order valence-electron chi connectivity index (χ4n) is 3.04. The molecule has 1 saturated carbocycles. The zero-order valence-corrected chi connectivity index (χ0v) is 14.2. The van der Waals surface area contributed by atoms with Crippen LogP contribution in [0.5, 0.6) is 0 Å². The van der Waals surface area contributed by atoms with Gasteiger partial charge in [-0.25, -0.2) is 4.79 Å². The minimum atomic E-state index is -0.374. The van der Waals surface area contributed by atoms with Gasteiger partial charge in [0.2, 0.25) is 5.91 Å². The monoisotopic (exact) mass is 330 g/mol. The van der Waals surface area contributed by atoms with Gasteiger partial charge in [-0.3, -0.25) is 15.0 Å². The zero-order valence-electron chi connectivity index (χ0n) is 14.2. The summed E-state index contributed by atoms with van der Waals surface area (Å²) in [5.41, 5.74) is 2.51. The molecule has 1 unspecified atom stereocenters. The number of nitrogens with one attached hydrogen (secondary N) is 3. The lowest BCUT2D eigenvalue weighted by molar-refractivity contribution is -0.122. The van der Waals surface area contributed by atoms with Crippen LogP contribution in [0.4, 0.5) is 4.79 Å². The third kappa shape index (κ3) is 4.55. The lowest BCUT2D eigenvalue weighted by Gasteiger charge is -2.36. The van der Waals surface area contributed by atoms with Crippen molar-refractivity contribution < 1.29 is 9.59 Å². The summed E-state index contributed by atoms with van der Waals surface area (Å²) >= 11 is 0. The molecule has 24 heavy (non-hydrogen) atoms. The van der Waals surface area contributed by atoms with Crippen molar-refractivity contribution in [3.8, 4) is 0 Å². The number of carbonyl (C=O) groups excluding carboxylic acids is 2. The normalized spacial score (nSPS) is 21.3. The summed E-state index contributed by atoms with van der Waals surface area (Å²) in [6.45, 7) is 4.83. The Morgan fingerprint density at radius 1 is 1.25 bits per heavy atom. The Morgan fingerprint density at radius 2 is 2.00 bits per heavy atom. The molecule has 3 rings (SSSR count). The van der Waals surface area contributed by atoms with Crippen molar-refractivity contribution in [3.63, 3.8) is 0 Å². The van der Waals surface area contributed by atoms with Crippen molar-refractivity contribution in [2.24, 2.45) is 0 Å². The topological polar surface area (TPSA) is 73.5 Å². The van der Waals surface area contributed by atoms with E-state index in [1.165, 1.54) is 11.1 Å². The summed E-state index contributed by atoms with van der Waals surface area (Å²) in [7, 11) is 0. The molecule has 2 fully saturated rings. The van der Waals surface area contributed by atoms with Crippen molar-refractivity contribution in [1.29, 1.82) is 0 Å². The van der Waals surface area contributed by atoms with Crippen LogP contribution >= 0.6 is 0 Å². The molecule has 0 aromatic heterocycles. The minimum Gasteiger partial charge on any atom is -0.335 e. The number of urea groups is 1. The van der Waals surface area contributed by atoms with Gasteiger partial charge in [0.15, 0.2) is 0 Å². The van der Waals surface area contributed by atoms with Crippen LogP contribution in [0.15, 0.2) is 24.3 Å². The molecule has 3 N–H and O–H groups in total. The van der Waals surface area contributed by atoms with Crippen molar-refractivity contribution in [2.75, 3.05) is 26.2 Å². The maximum Gasteiger partial charge on any atom is 0.321 e. The second-order valence-electron chi connectivity index (χ2n) is 6.58. The average Bonchev–Trinajstić information content (AvgIpc) is 3.39. The predicted octanol–water partition coefficient (Wildman–Crippen LogP) is 1.18. The van der Waals surface area contributed by atoms with Crippen LogP contribution in [0.1, 0.15) is 36.9 Å². The first kappa shape index (κ1) is 16.9. The first-order valence-electron chi connectivity index (χ1n) is 8.79. The first-order valence-corrected chi connectivity index (χ1v) is 8.79. The van der Waals surface area contributed by atoms with E-state index in [9.17, 15) is 9.59 Å². The van der Waals surface area contributed by atoms with Gasteiger partial charge in [0.25, 0.3) is 0 Å². The third-order valence-corrected chi connectivity index (χ3v) is 4.64. The number of hydrogen-bond donors (Lipinski definition) is 3. The SMILES string of the molecule is CCc1ccc(C2CNCCN2CC(=O)NC(=O)NC2CC2)cc1. The van der Waals surface area contributed by atoms with Gasteiger partial charge in [0.05, 0.1) is 6.54 Å². The van der Waals surface area contributed by atoms with E-state index in [0.717, 1.165) is 38.9 Å². The minimum absolute atomic E-state index is 0.155. The number of imide groups is 1. The van der Waals surface area contributed by atoms with Crippen LogP contribution in [0.25, 0.3) is 0 Å². The Morgan fingerprint density at radius 3 is 2.67 bits per heavy atom. The Kier molecular flexibility index (Phi) is 5.48. The molecule has 0 spiro atoms. The van der Waals surface area contributed by atoms with Gasteiger partial charge in [-0.05, 0) is 30.4 Å². The van der Waals surface area contributed by atoms with E-state index in [2.05, 4.69) is 52.0 Å². The van der Waals surface area contributed by atoms with Gasteiger partial charge in [-0.1, -0.05) is 31.2 Å². The Balaban J connectivity index is 1.58. The number of benzene rings is 1. The van der Waals surface area contributed by atoms with Crippen LogP contribution in [0.2, 0.25) is 0 Å². The van der Waals surface area contributed by atoms with E-state index in [4.69, 9.17) is 0 Å². The number of nitrogens with zero attached hydrogens (tertiary/aromatic N) is 1. The molecule has 0 bridgehead atoms. The Hall–Kier alpha value is -1.92. The summed E-state index contributed by atoms with van der Waals surface area (Å²) in [6.07, 6.45) is 3.04. The quantitative estimate of drug-likeness (QED) is 0.758. The third-order valence-electron chi connectivity index (χ3n) is 4.64. The molecule has 1 heterocycles. The van der Waals surface area contributed by atoms with Gasteiger partial charge >= 0.3 is 6.03 Å². The van der Waals surface area contributed by atoms with Crippen molar-refractivity contribution in [1.82, 2.24) is 20.9 Å². The van der Waals surface area contributed by atoms with E-state index in [1.807, 2.05) is 0 Å². The number of piperazine rings is 1. The standard InChI is InChI=1S/C18H26N4O2/c1-2-13-3-5-14(6-4-13)16-11-19-9-10-22(16)12-17(23)21-18(24)20-15-7-8-15/h3-6,15-16,19H,2,7-12H2,1H3,(H2,20,21,23,24). The van der Waals surface area contributed by atoms with Gasteiger partial charge in [-0.15, -0.1) is 0 Å². The molecule has 1 atom stereocenters. The lowest BCUT2D eigenvalue weighted by atomic mass is 10.0. The van der Waals surface area contributed by atoms with Crippen LogP contribution in [0.3, 0.4) is 0 Å². The van der Waals surface area contributed by atoms with Crippen LogP contribution in [-0.2, 0) is 11.2 Å². The molecule has 1 saturated heterocycles. The zero-order chi connectivity index (χ0) is 16.9. The molecular weight excluding hydrogens is 304 g/mol. The van der Waals surface area contributed by atoms with E-state index in [1.54, 1.807) is 0 Å². The van der Waals surface area contributed by atoms with Crippen molar-refractivity contribution in [3.05, 3.63) is 35.4 Å². The van der Waals surface area contributed by atoms with E-state index >= 15 is 0 Å². The number of aryl methyl sites for hydroxylation is 1. The summed E-state index contributed by atoms with van der Waals surface area (Å²) in [6, 6.07) is 8.60. The summed E-state index contributed by atoms with van der Waals surface area (Å²) in [5.74, 6) is -0.245. The lowest BCUT2D eigenvalue weighted by Crippen LogP contribution is -2.51. The fourth-order valence-corrected chi connectivity index (χ4v) is 3.04. The number of rotatable bonds is 5. The van der Waals surface area contributed by atoms with E-state index in [0.29, 0.717) is 0 Å². The van der Waals surface area contributed by atoms with Crippen LogP contribution in [0, 0.1) is 0 Å². The highest BCUT2D eigenvalue weighted by molar-refractivity contribution is 5.95. The molecule has 0 radical (unpaired) electrons. The molecule has 3 amide bonds. The van der Waals surface area contributed by atoms with Crippen LogP contribution < -0.4 is 16.0 Å². The van der Waals surface area contributed by atoms with E-state index in [-0.39, 0.29) is 30.6 Å². The number of hydrogen-bond acceptors (Lipinski definition) is 4. The average molecular weight is 330 g/mol. The predicted molar refractivity (Wildman–Crippen MR) is 92.7 cm³/mol. The molecule has 1 aliphatic heterocycles. The van der Waals surface area contributed by atoms with Crippen LogP contribution in [-0.4, -0.2) is 49.1 Å². The maximum atomic E-state index is 12.2. The number of carbonyl (C=O) groups is 2. The smallest absolute Gasteiger partial charge is 0.321 e. The van der Waals surface area contributed by atoms with Crippen molar-refractivity contribution in [2.45, 2.75) is 38.3 Å². The van der Waals surface area contributed by atoms with Crippen molar-refractivity contribution >= 4 is 11.9 Å². The van der Waals surface area contributed by atoms with E-state index < -0.39 is 0 Å². The van der Waals surface area contributed by atoms with Gasteiger partial charge in [-0.2, -0.15) is 0 Å². The molecular formula is C18H26N4O2. The maximum absolute atomic E-state index is 12.2. The highest BCUT2D eigenvalue weighted by Gasteiger charge is 2.27. The second kappa shape index (κ2) is 7.77.